The fraction of sp³-hybridized carbons (Fsp3) is 0.364. The summed E-state index contributed by atoms with van der Waals surface area (Å²) in [7, 11) is 0. The van der Waals surface area contributed by atoms with Gasteiger partial charge in [0.2, 0.25) is 0 Å². The van der Waals surface area contributed by atoms with Crippen molar-refractivity contribution >= 4 is 10.9 Å². The van der Waals surface area contributed by atoms with Gasteiger partial charge < -0.3 is 9.88 Å². The number of hydrogen-bond donors (Lipinski definition) is 1. The Labute approximate surface area is 149 Å². The van der Waals surface area contributed by atoms with E-state index in [-0.39, 0.29) is 5.82 Å². The van der Waals surface area contributed by atoms with Crippen LogP contribution in [0.5, 0.6) is 0 Å². The number of halogens is 1. The fourth-order valence-corrected chi connectivity index (χ4v) is 3.28. The summed E-state index contributed by atoms with van der Waals surface area (Å²) in [6.45, 7) is 4.96. The summed E-state index contributed by atoms with van der Waals surface area (Å²) >= 11 is 0. The first kappa shape index (κ1) is 17.7. The van der Waals surface area contributed by atoms with Crippen molar-refractivity contribution in [1.29, 1.82) is 0 Å². The maximum atomic E-state index is 13.1. The minimum absolute atomic E-state index is 0.186. The number of rotatable bonds is 9. The van der Waals surface area contributed by atoms with E-state index in [0.717, 1.165) is 25.2 Å². The SMILES string of the molecule is CCCCCCNCc1cn(Cc2ccc(F)cc2)c2ccccc12. The van der Waals surface area contributed by atoms with E-state index < -0.39 is 0 Å². The molecular weight excluding hydrogens is 311 g/mol. The summed E-state index contributed by atoms with van der Waals surface area (Å²) in [4.78, 5) is 0. The molecule has 0 amide bonds. The first-order valence-electron chi connectivity index (χ1n) is 9.30. The fourth-order valence-electron chi connectivity index (χ4n) is 3.28. The summed E-state index contributed by atoms with van der Waals surface area (Å²) in [6.07, 6.45) is 7.36. The van der Waals surface area contributed by atoms with Crippen LogP contribution in [0.15, 0.2) is 54.7 Å². The van der Waals surface area contributed by atoms with E-state index in [1.54, 1.807) is 0 Å². The van der Waals surface area contributed by atoms with Crippen LogP contribution in [0, 0.1) is 5.82 Å². The first-order chi connectivity index (χ1) is 12.3. The van der Waals surface area contributed by atoms with Gasteiger partial charge in [-0.2, -0.15) is 0 Å². The third-order valence-corrected chi connectivity index (χ3v) is 4.66. The average molecular weight is 338 g/mol. The van der Waals surface area contributed by atoms with Gasteiger partial charge in [-0.05, 0) is 42.3 Å². The number of aromatic nitrogens is 1. The van der Waals surface area contributed by atoms with Crippen molar-refractivity contribution in [2.24, 2.45) is 0 Å². The third kappa shape index (κ3) is 4.70. The standard InChI is InChI=1S/C22H27FN2/c1-2-3-4-7-14-24-15-19-17-25(22-9-6-5-8-21(19)22)16-18-10-12-20(23)13-11-18/h5-6,8-13,17,24H,2-4,7,14-16H2,1H3. The van der Waals surface area contributed by atoms with Crippen LogP contribution in [-0.4, -0.2) is 11.1 Å². The number of para-hydroxylation sites is 1. The van der Waals surface area contributed by atoms with Crippen LogP contribution < -0.4 is 5.32 Å². The maximum Gasteiger partial charge on any atom is 0.123 e. The lowest BCUT2D eigenvalue weighted by Crippen LogP contribution is -2.14. The highest BCUT2D eigenvalue weighted by molar-refractivity contribution is 5.84. The molecule has 0 aliphatic carbocycles. The van der Waals surface area contributed by atoms with E-state index in [1.165, 1.54) is 54.3 Å². The Morgan fingerprint density at radius 1 is 0.960 bits per heavy atom. The van der Waals surface area contributed by atoms with Crippen LogP contribution in [0.25, 0.3) is 10.9 Å². The highest BCUT2D eigenvalue weighted by Gasteiger charge is 2.08. The van der Waals surface area contributed by atoms with E-state index in [1.807, 2.05) is 12.1 Å². The van der Waals surface area contributed by atoms with Crippen molar-refractivity contribution in [3.63, 3.8) is 0 Å². The van der Waals surface area contributed by atoms with Crippen LogP contribution in [-0.2, 0) is 13.1 Å². The van der Waals surface area contributed by atoms with Gasteiger partial charge in [-0.3, -0.25) is 0 Å². The van der Waals surface area contributed by atoms with Crippen LogP contribution in [0.1, 0.15) is 43.7 Å². The summed E-state index contributed by atoms with van der Waals surface area (Å²) in [6, 6.07) is 15.3. The zero-order valence-electron chi connectivity index (χ0n) is 15.0. The molecule has 0 radical (unpaired) electrons. The van der Waals surface area contributed by atoms with Crippen molar-refractivity contribution in [2.75, 3.05) is 6.54 Å². The lowest BCUT2D eigenvalue weighted by molar-refractivity contribution is 0.598. The van der Waals surface area contributed by atoms with Crippen molar-refractivity contribution < 1.29 is 4.39 Å². The molecule has 1 aromatic heterocycles. The minimum atomic E-state index is -0.186. The van der Waals surface area contributed by atoms with Gasteiger partial charge in [0.1, 0.15) is 5.82 Å². The highest BCUT2D eigenvalue weighted by atomic mass is 19.1. The predicted molar refractivity (Wildman–Crippen MR) is 103 cm³/mol. The van der Waals surface area contributed by atoms with Crippen molar-refractivity contribution in [1.82, 2.24) is 9.88 Å². The summed E-state index contributed by atoms with van der Waals surface area (Å²) in [5, 5.41) is 4.87. The molecule has 3 heteroatoms. The number of unbranched alkanes of at least 4 members (excludes halogenated alkanes) is 3. The average Bonchev–Trinajstić information content (AvgIpc) is 2.98. The minimum Gasteiger partial charge on any atom is -0.343 e. The first-order valence-corrected chi connectivity index (χ1v) is 9.30. The molecule has 0 aliphatic heterocycles. The molecule has 0 saturated carbocycles. The van der Waals surface area contributed by atoms with E-state index in [4.69, 9.17) is 0 Å². The molecule has 1 heterocycles. The Morgan fingerprint density at radius 2 is 1.76 bits per heavy atom. The highest BCUT2D eigenvalue weighted by Crippen LogP contribution is 2.22. The number of nitrogens with zero attached hydrogens (tertiary/aromatic N) is 1. The van der Waals surface area contributed by atoms with Crippen LogP contribution in [0.2, 0.25) is 0 Å². The second kappa shape index (κ2) is 8.82. The predicted octanol–water partition coefficient (Wildman–Crippen LogP) is 5.50. The Balaban J connectivity index is 1.70. The molecule has 2 nitrogen and oxygen atoms in total. The quantitative estimate of drug-likeness (QED) is 0.510. The normalized spacial score (nSPS) is 11.3. The van der Waals surface area contributed by atoms with Crippen molar-refractivity contribution in [2.45, 2.75) is 45.7 Å². The Morgan fingerprint density at radius 3 is 2.56 bits per heavy atom. The lowest BCUT2D eigenvalue weighted by atomic mass is 10.1. The number of benzene rings is 2. The van der Waals surface area contributed by atoms with Gasteiger partial charge in [0.25, 0.3) is 0 Å². The van der Waals surface area contributed by atoms with Gasteiger partial charge in [0.15, 0.2) is 0 Å². The van der Waals surface area contributed by atoms with E-state index in [2.05, 4.69) is 47.3 Å². The molecule has 0 bridgehead atoms. The molecule has 132 valence electrons. The van der Waals surface area contributed by atoms with Crippen molar-refractivity contribution in [3.05, 3.63) is 71.7 Å². The lowest BCUT2D eigenvalue weighted by Gasteiger charge is -2.05. The zero-order valence-corrected chi connectivity index (χ0v) is 15.0. The molecule has 0 saturated heterocycles. The topological polar surface area (TPSA) is 17.0 Å². The molecule has 0 fully saturated rings. The monoisotopic (exact) mass is 338 g/mol. The summed E-state index contributed by atoms with van der Waals surface area (Å²) < 4.78 is 15.4. The molecule has 3 rings (SSSR count). The Hall–Kier alpha value is -2.13. The molecule has 25 heavy (non-hydrogen) atoms. The summed E-state index contributed by atoms with van der Waals surface area (Å²) in [5.41, 5.74) is 3.67. The Kier molecular flexibility index (Phi) is 6.24. The van der Waals surface area contributed by atoms with Crippen LogP contribution in [0.3, 0.4) is 0 Å². The number of nitrogens with one attached hydrogen (secondary N) is 1. The van der Waals surface area contributed by atoms with Gasteiger partial charge >= 0.3 is 0 Å². The molecular formula is C22H27FN2. The maximum absolute atomic E-state index is 13.1. The van der Waals surface area contributed by atoms with Gasteiger partial charge in [-0.15, -0.1) is 0 Å². The Bertz CT molecular complexity index is 789. The van der Waals surface area contributed by atoms with Gasteiger partial charge in [-0.25, -0.2) is 4.39 Å². The van der Waals surface area contributed by atoms with Gasteiger partial charge in [0.05, 0.1) is 0 Å². The summed E-state index contributed by atoms with van der Waals surface area (Å²) in [5.74, 6) is -0.186. The smallest absolute Gasteiger partial charge is 0.123 e. The van der Waals surface area contributed by atoms with E-state index >= 15 is 0 Å². The third-order valence-electron chi connectivity index (χ3n) is 4.66. The number of fused-ring (bicyclic) bond motifs is 1. The second-order valence-corrected chi connectivity index (χ2v) is 6.66. The van der Waals surface area contributed by atoms with Gasteiger partial charge in [-0.1, -0.05) is 56.5 Å². The molecule has 2 aromatic carbocycles. The molecule has 0 spiro atoms. The second-order valence-electron chi connectivity index (χ2n) is 6.66. The van der Waals surface area contributed by atoms with Gasteiger partial charge in [0, 0.05) is 30.2 Å². The molecule has 0 atom stereocenters. The van der Waals surface area contributed by atoms with Crippen LogP contribution >= 0.6 is 0 Å². The molecule has 0 unspecified atom stereocenters. The van der Waals surface area contributed by atoms with Crippen LogP contribution in [0.4, 0.5) is 4.39 Å². The van der Waals surface area contributed by atoms with Crippen molar-refractivity contribution in [3.8, 4) is 0 Å². The zero-order chi connectivity index (χ0) is 17.5. The van der Waals surface area contributed by atoms with E-state index in [0.29, 0.717) is 0 Å². The molecule has 3 aromatic rings. The molecule has 1 N–H and O–H groups in total. The number of hydrogen-bond acceptors (Lipinski definition) is 1. The molecule has 0 aliphatic rings. The largest absolute Gasteiger partial charge is 0.343 e. The van der Waals surface area contributed by atoms with E-state index in [9.17, 15) is 4.39 Å².